The van der Waals surface area contributed by atoms with Gasteiger partial charge in [0, 0.05) is 39.8 Å². The van der Waals surface area contributed by atoms with Gasteiger partial charge >= 0.3 is 0 Å². The van der Waals surface area contributed by atoms with Crippen molar-refractivity contribution in [1.29, 1.82) is 0 Å². The Hall–Kier alpha value is -2.00. The molecule has 2 aromatic heterocycles. The second-order valence-electron chi connectivity index (χ2n) is 6.56. The normalized spacial score (nSPS) is 18.1. The first-order chi connectivity index (χ1) is 10.7. The Labute approximate surface area is 133 Å². The van der Waals surface area contributed by atoms with E-state index >= 15 is 0 Å². The number of H-pyrrole nitrogens is 1. The Bertz CT molecular complexity index is 879. The highest BCUT2D eigenvalue weighted by molar-refractivity contribution is 6.31. The molecule has 1 aromatic carbocycles. The highest BCUT2D eigenvalue weighted by Gasteiger charge is 2.51. The van der Waals surface area contributed by atoms with Crippen molar-refractivity contribution in [2.24, 2.45) is 0 Å². The molecule has 3 heterocycles. The van der Waals surface area contributed by atoms with Gasteiger partial charge in [0.15, 0.2) is 0 Å². The molecule has 4 heteroatoms. The van der Waals surface area contributed by atoms with E-state index in [0.717, 1.165) is 23.6 Å². The van der Waals surface area contributed by atoms with Gasteiger partial charge in [-0.05, 0) is 48.7 Å². The van der Waals surface area contributed by atoms with Crippen molar-refractivity contribution >= 4 is 28.2 Å². The molecule has 2 aliphatic rings. The van der Waals surface area contributed by atoms with E-state index in [4.69, 9.17) is 11.6 Å². The van der Waals surface area contributed by atoms with Gasteiger partial charge in [-0.1, -0.05) is 11.6 Å². The summed E-state index contributed by atoms with van der Waals surface area (Å²) in [6.45, 7) is 2.01. The van der Waals surface area contributed by atoms with Crippen molar-refractivity contribution < 1.29 is 0 Å². The lowest BCUT2D eigenvalue weighted by molar-refractivity contribution is 0.691. The minimum atomic E-state index is 0.410. The molecule has 110 valence electrons. The van der Waals surface area contributed by atoms with Crippen LogP contribution in [0.4, 0.5) is 5.69 Å². The van der Waals surface area contributed by atoms with Gasteiger partial charge in [-0.2, -0.15) is 0 Å². The third kappa shape index (κ3) is 1.78. The van der Waals surface area contributed by atoms with E-state index < -0.39 is 0 Å². The number of benzene rings is 1. The van der Waals surface area contributed by atoms with E-state index in [9.17, 15) is 0 Å². The number of nitrogens with zero attached hydrogens (tertiary/aromatic N) is 2. The zero-order valence-electron chi connectivity index (χ0n) is 12.1. The number of fused-ring (bicyclic) bond motifs is 3. The zero-order chi connectivity index (χ0) is 14.7. The predicted octanol–water partition coefficient (Wildman–Crippen LogP) is 4.27. The number of anilines is 1. The Morgan fingerprint density at radius 2 is 2.14 bits per heavy atom. The summed E-state index contributed by atoms with van der Waals surface area (Å²) in [4.78, 5) is 10.3. The molecule has 1 saturated carbocycles. The van der Waals surface area contributed by atoms with Gasteiger partial charge in [0.1, 0.15) is 0 Å². The molecular weight excluding hydrogens is 294 g/mol. The summed E-state index contributed by atoms with van der Waals surface area (Å²) in [7, 11) is 0. The molecule has 1 aliphatic heterocycles. The summed E-state index contributed by atoms with van der Waals surface area (Å²) in [5.41, 5.74) is 5.57. The van der Waals surface area contributed by atoms with Gasteiger partial charge in [0.2, 0.25) is 0 Å². The van der Waals surface area contributed by atoms with Crippen LogP contribution in [0.2, 0.25) is 5.02 Å². The Kier molecular flexibility index (Phi) is 2.43. The quantitative estimate of drug-likeness (QED) is 0.766. The molecule has 5 rings (SSSR count). The third-order valence-corrected chi connectivity index (χ3v) is 5.29. The van der Waals surface area contributed by atoms with Crippen LogP contribution in [0.1, 0.15) is 24.1 Å². The van der Waals surface area contributed by atoms with Gasteiger partial charge in [-0.25, -0.2) is 0 Å². The lowest BCUT2D eigenvalue weighted by Gasteiger charge is -2.18. The fraction of sp³-hybridized carbons (Fsp3) is 0.278. The van der Waals surface area contributed by atoms with Gasteiger partial charge in [0.25, 0.3) is 0 Å². The van der Waals surface area contributed by atoms with Crippen LogP contribution in [0.15, 0.2) is 42.7 Å². The van der Waals surface area contributed by atoms with Gasteiger partial charge < -0.3 is 9.88 Å². The maximum atomic E-state index is 6.08. The number of halogens is 1. The third-order valence-electron chi connectivity index (χ3n) is 5.06. The number of nitrogens with one attached hydrogen (secondary N) is 1. The first-order valence-corrected chi connectivity index (χ1v) is 8.08. The summed E-state index contributed by atoms with van der Waals surface area (Å²) >= 11 is 6.08. The SMILES string of the molecule is Clc1ccc2[nH]c(CN3CC4(CC4)c4ccncc43)cc2c1. The number of hydrogen-bond donors (Lipinski definition) is 1. The number of aromatic amines is 1. The fourth-order valence-electron chi connectivity index (χ4n) is 3.80. The number of pyridine rings is 1. The van der Waals surface area contributed by atoms with Crippen LogP contribution in [0.25, 0.3) is 10.9 Å². The molecule has 3 nitrogen and oxygen atoms in total. The summed E-state index contributed by atoms with van der Waals surface area (Å²) in [6.07, 6.45) is 6.56. The van der Waals surface area contributed by atoms with Crippen molar-refractivity contribution in [3.63, 3.8) is 0 Å². The van der Waals surface area contributed by atoms with Crippen LogP contribution in [-0.2, 0) is 12.0 Å². The van der Waals surface area contributed by atoms with Crippen LogP contribution in [0.3, 0.4) is 0 Å². The largest absolute Gasteiger partial charge is 0.363 e. The van der Waals surface area contributed by atoms with Gasteiger partial charge in [-0.15, -0.1) is 0 Å². The van der Waals surface area contributed by atoms with Gasteiger partial charge in [-0.3, -0.25) is 4.98 Å². The second kappa shape index (κ2) is 4.26. The average molecular weight is 310 g/mol. The first-order valence-electron chi connectivity index (χ1n) is 7.70. The Morgan fingerprint density at radius 3 is 3.00 bits per heavy atom. The fourth-order valence-corrected chi connectivity index (χ4v) is 3.98. The minimum Gasteiger partial charge on any atom is -0.363 e. The molecule has 0 saturated heterocycles. The second-order valence-corrected chi connectivity index (χ2v) is 6.99. The van der Waals surface area contributed by atoms with E-state index in [1.807, 2.05) is 30.6 Å². The molecule has 0 atom stereocenters. The zero-order valence-corrected chi connectivity index (χ0v) is 12.9. The lowest BCUT2D eigenvalue weighted by Crippen LogP contribution is -2.24. The standard InChI is InChI=1S/C18H16ClN3/c19-13-1-2-16-12(7-13)8-14(21-16)10-22-11-18(4-5-18)15-3-6-20-9-17(15)22/h1-3,6-9,21H,4-5,10-11H2. The highest BCUT2D eigenvalue weighted by Crippen LogP contribution is 2.56. The molecule has 1 fully saturated rings. The molecule has 0 unspecified atom stereocenters. The molecule has 1 aliphatic carbocycles. The van der Waals surface area contributed by atoms with Crippen molar-refractivity contribution in [1.82, 2.24) is 9.97 Å². The summed E-state index contributed by atoms with van der Waals surface area (Å²) in [6, 6.07) is 10.4. The maximum absolute atomic E-state index is 6.08. The minimum absolute atomic E-state index is 0.410. The molecule has 0 amide bonds. The molecule has 0 radical (unpaired) electrons. The number of rotatable bonds is 2. The van der Waals surface area contributed by atoms with Crippen LogP contribution in [0.5, 0.6) is 0 Å². The molecule has 1 N–H and O–H groups in total. The Morgan fingerprint density at radius 1 is 1.23 bits per heavy atom. The van der Waals surface area contributed by atoms with E-state index in [1.54, 1.807) is 0 Å². The molecule has 1 spiro atoms. The number of aromatic nitrogens is 2. The van der Waals surface area contributed by atoms with Crippen molar-refractivity contribution in [3.05, 3.63) is 59.0 Å². The van der Waals surface area contributed by atoms with Gasteiger partial charge in [0.05, 0.1) is 18.4 Å². The monoisotopic (exact) mass is 309 g/mol. The summed E-state index contributed by atoms with van der Waals surface area (Å²) < 4.78 is 0. The molecule has 22 heavy (non-hydrogen) atoms. The average Bonchev–Trinajstić information content (AvgIpc) is 3.09. The lowest BCUT2D eigenvalue weighted by atomic mass is 10.0. The van der Waals surface area contributed by atoms with E-state index in [-0.39, 0.29) is 0 Å². The van der Waals surface area contributed by atoms with Crippen molar-refractivity contribution in [2.75, 3.05) is 11.4 Å². The van der Waals surface area contributed by atoms with E-state index in [0.29, 0.717) is 5.41 Å². The van der Waals surface area contributed by atoms with E-state index in [1.165, 1.54) is 35.2 Å². The number of hydrogen-bond acceptors (Lipinski definition) is 2. The summed E-state index contributed by atoms with van der Waals surface area (Å²) in [5, 5.41) is 1.96. The highest BCUT2D eigenvalue weighted by atomic mass is 35.5. The molecular formula is C18H16ClN3. The van der Waals surface area contributed by atoms with Crippen LogP contribution >= 0.6 is 11.6 Å². The smallest absolute Gasteiger partial charge is 0.0595 e. The van der Waals surface area contributed by atoms with Crippen molar-refractivity contribution in [3.8, 4) is 0 Å². The van der Waals surface area contributed by atoms with Crippen molar-refractivity contribution in [2.45, 2.75) is 24.8 Å². The van der Waals surface area contributed by atoms with Crippen LogP contribution in [-0.4, -0.2) is 16.5 Å². The van der Waals surface area contributed by atoms with Crippen LogP contribution < -0.4 is 4.90 Å². The maximum Gasteiger partial charge on any atom is 0.0595 e. The first kappa shape index (κ1) is 12.5. The summed E-state index contributed by atoms with van der Waals surface area (Å²) in [5.74, 6) is 0. The molecule has 3 aromatic rings. The van der Waals surface area contributed by atoms with Crippen LogP contribution in [0, 0.1) is 0 Å². The Balaban J connectivity index is 1.51. The van der Waals surface area contributed by atoms with E-state index in [2.05, 4.69) is 27.0 Å². The molecule has 0 bridgehead atoms. The topological polar surface area (TPSA) is 31.9 Å². The predicted molar refractivity (Wildman–Crippen MR) is 89.5 cm³/mol.